The van der Waals surface area contributed by atoms with Crippen LogP contribution >= 0.6 is 0 Å². The Labute approximate surface area is 75.6 Å². The van der Waals surface area contributed by atoms with Crippen LogP contribution in [0.1, 0.15) is 13.8 Å². The monoisotopic (exact) mass is 188 g/mol. The van der Waals surface area contributed by atoms with Gasteiger partial charge in [0.05, 0.1) is 6.10 Å². The number of ether oxygens (including phenoxy) is 3. The van der Waals surface area contributed by atoms with E-state index >= 15 is 0 Å². The molecule has 0 aromatic carbocycles. The van der Waals surface area contributed by atoms with Gasteiger partial charge in [-0.15, -0.1) is 0 Å². The van der Waals surface area contributed by atoms with Gasteiger partial charge < -0.3 is 19.3 Å². The molecular weight excluding hydrogens is 176 g/mol. The number of carbonyl (C=O) groups excluding carboxylic acids is 1. The van der Waals surface area contributed by atoms with Crippen LogP contribution in [0.15, 0.2) is 0 Å². The number of hydrogen-bond donors (Lipinski definition) is 1. The minimum Gasteiger partial charge on any atom is -0.431 e. The third-order valence-corrected chi connectivity index (χ3v) is 2.70. The van der Waals surface area contributed by atoms with Crippen molar-refractivity contribution >= 4 is 6.16 Å². The van der Waals surface area contributed by atoms with E-state index in [2.05, 4.69) is 4.74 Å². The van der Waals surface area contributed by atoms with Crippen LogP contribution in [-0.2, 0) is 14.2 Å². The summed E-state index contributed by atoms with van der Waals surface area (Å²) in [6, 6.07) is 0. The molecule has 0 unspecified atom stereocenters. The van der Waals surface area contributed by atoms with Gasteiger partial charge in [0, 0.05) is 0 Å². The summed E-state index contributed by atoms with van der Waals surface area (Å²) < 4.78 is 14.9. The zero-order chi connectivity index (χ0) is 9.64. The molecule has 0 spiro atoms. The molecule has 2 rings (SSSR count). The maximum Gasteiger partial charge on any atom is 0.508 e. The van der Waals surface area contributed by atoms with E-state index in [1.54, 1.807) is 13.8 Å². The van der Waals surface area contributed by atoms with Crippen LogP contribution in [0.2, 0.25) is 0 Å². The number of rotatable bonds is 0. The van der Waals surface area contributed by atoms with E-state index in [0.717, 1.165) is 0 Å². The molecule has 0 aromatic rings. The van der Waals surface area contributed by atoms with Crippen molar-refractivity contribution in [1.29, 1.82) is 0 Å². The van der Waals surface area contributed by atoms with Crippen molar-refractivity contribution in [3.63, 3.8) is 0 Å². The van der Waals surface area contributed by atoms with Crippen molar-refractivity contribution in [3.8, 4) is 0 Å². The molecule has 2 heterocycles. The molecule has 4 atom stereocenters. The van der Waals surface area contributed by atoms with Gasteiger partial charge in [-0.05, 0) is 13.8 Å². The molecule has 0 bridgehead atoms. The Morgan fingerprint density at radius 2 is 2.31 bits per heavy atom. The molecule has 0 amide bonds. The van der Waals surface area contributed by atoms with Crippen LogP contribution in [0.25, 0.3) is 0 Å². The lowest BCUT2D eigenvalue weighted by molar-refractivity contribution is -0.110. The Morgan fingerprint density at radius 1 is 1.62 bits per heavy atom. The summed E-state index contributed by atoms with van der Waals surface area (Å²) in [4.78, 5) is 10.8. The van der Waals surface area contributed by atoms with Crippen molar-refractivity contribution < 1.29 is 24.1 Å². The van der Waals surface area contributed by atoms with Crippen LogP contribution in [0, 0.1) is 0 Å². The average molecular weight is 188 g/mol. The number of carbonyl (C=O) groups is 1. The summed E-state index contributed by atoms with van der Waals surface area (Å²) in [5.74, 6) is 0. The molecule has 0 radical (unpaired) electrons. The molecule has 0 aromatic heterocycles. The summed E-state index contributed by atoms with van der Waals surface area (Å²) in [6.45, 7) is 3.50. The SMILES string of the molecule is C[C@@H]1O[C@@H]2COC(=O)O[C@H]2[C@]1(C)O. The zero-order valence-electron chi connectivity index (χ0n) is 7.52. The molecule has 2 fully saturated rings. The largest absolute Gasteiger partial charge is 0.508 e. The fourth-order valence-corrected chi connectivity index (χ4v) is 1.69. The van der Waals surface area contributed by atoms with Gasteiger partial charge >= 0.3 is 6.16 Å². The molecule has 13 heavy (non-hydrogen) atoms. The van der Waals surface area contributed by atoms with E-state index in [1.165, 1.54) is 0 Å². The van der Waals surface area contributed by atoms with E-state index < -0.39 is 17.9 Å². The smallest absolute Gasteiger partial charge is 0.431 e. The molecule has 1 N–H and O–H groups in total. The zero-order valence-corrected chi connectivity index (χ0v) is 7.52. The average Bonchev–Trinajstić information content (AvgIpc) is 2.27. The molecule has 0 aliphatic carbocycles. The lowest BCUT2D eigenvalue weighted by Crippen LogP contribution is -2.50. The van der Waals surface area contributed by atoms with Gasteiger partial charge in [-0.2, -0.15) is 0 Å². The van der Waals surface area contributed by atoms with Crippen molar-refractivity contribution in [1.82, 2.24) is 0 Å². The quantitative estimate of drug-likeness (QED) is 0.544. The lowest BCUT2D eigenvalue weighted by Gasteiger charge is -2.30. The minimum atomic E-state index is -1.12. The Bertz CT molecular complexity index is 237. The van der Waals surface area contributed by atoms with Gasteiger partial charge in [-0.1, -0.05) is 0 Å². The van der Waals surface area contributed by atoms with E-state index in [0.29, 0.717) is 0 Å². The van der Waals surface area contributed by atoms with Crippen molar-refractivity contribution in [2.24, 2.45) is 0 Å². The van der Waals surface area contributed by atoms with Gasteiger partial charge in [0.15, 0.2) is 6.10 Å². The standard InChI is InChI=1S/C8H12O5/c1-4-8(2,10)6-5(12-4)3-11-7(9)13-6/h4-6,10H,3H2,1-2H3/t4-,5+,6+,8+/m0/s1. The first-order chi connectivity index (χ1) is 6.01. The van der Waals surface area contributed by atoms with Crippen LogP contribution in [-0.4, -0.2) is 41.8 Å². The summed E-state index contributed by atoms with van der Waals surface area (Å²) in [5.41, 5.74) is -1.12. The van der Waals surface area contributed by atoms with Crippen molar-refractivity contribution in [3.05, 3.63) is 0 Å². The predicted octanol–water partition coefficient (Wildman–Crippen LogP) is 0.0601. The second-order valence-corrected chi connectivity index (χ2v) is 3.64. The Hall–Kier alpha value is -0.810. The van der Waals surface area contributed by atoms with Gasteiger partial charge in [0.2, 0.25) is 0 Å². The Balaban J connectivity index is 2.20. The first kappa shape index (κ1) is 8.77. The molecular formula is C8H12O5. The van der Waals surface area contributed by atoms with Gasteiger partial charge in [-0.25, -0.2) is 4.79 Å². The molecule has 2 saturated heterocycles. The summed E-state index contributed by atoms with van der Waals surface area (Å²) in [7, 11) is 0. The van der Waals surface area contributed by atoms with E-state index in [4.69, 9.17) is 9.47 Å². The molecule has 2 aliphatic heterocycles. The molecule has 0 saturated carbocycles. The third kappa shape index (κ3) is 1.19. The minimum absolute atomic E-state index is 0.157. The van der Waals surface area contributed by atoms with E-state index in [1.807, 2.05) is 0 Å². The first-order valence-electron chi connectivity index (χ1n) is 4.23. The van der Waals surface area contributed by atoms with Crippen LogP contribution in [0.3, 0.4) is 0 Å². The maximum absolute atomic E-state index is 10.8. The first-order valence-corrected chi connectivity index (χ1v) is 4.23. The van der Waals surface area contributed by atoms with Crippen molar-refractivity contribution in [2.45, 2.75) is 37.8 Å². The van der Waals surface area contributed by atoms with E-state index in [9.17, 15) is 9.90 Å². The molecule has 2 aliphatic rings. The summed E-state index contributed by atoms with van der Waals surface area (Å²) in [6.07, 6.45) is -2.04. The summed E-state index contributed by atoms with van der Waals surface area (Å²) in [5, 5.41) is 9.92. The molecule has 5 nitrogen and oxygen atoms in total. The number of cyclic esters (lactones) is 1. The second-order valence-electron chi connectivity index (χ2n) is 3.64. The highest BCUT2D eigenvalue weighted by atomic mass is 16.8. The lowest BCUT2D eigenvalue weighted by atomic mass is 9.93. The van der Waals surface area contributed by atoms with Gasteiger partial charge in [-0.3, -0.25) is 0 Å². The van der Waals surface area contributed by atoms with Gasteiger partial charge in [0.25, 0.3) is 0 Å². The van der Waals surface area contributed by atoms with Crippen LogP contribution in [0.5, 0.6) is 0 Å². The fraction of sp³-hybridized carbons (Fsp3) is 0.875. The van der Waals surface area contributed by atoms with Crippen molar-refractivity contribution in [2.75, 3.05) is 6.61 Å². The third-order valence-electron chi connectivity index (χ3n) is 2.70. The normalized spacial score (nSPS) is 49.5. The molecule has 74 valence electrons. The highest BCUT2D eigenvalue weighted by Gasteiger charge is 2.55. The number of aliphatic hydroxyl groups is 1. The van der Waals surface area contributed by atoms with Gasteiger partial charge in [0.1, 0.15) is 18.3 Å². The maximum atomic E-state index is 10.8. The number of fused-ring (bicyclic) bond motifs is 1. The summed E-state index contributed by atoms with van der Waals surface area (Å²) >= 11 is 0. The highest BCUT2D eigenvalue weighted by Crippen LogP contribution is 2.35. The Morgan fingerprint density at radius 3 is 3.00 bits per heavy atom. The number of hydrogen-bond acceptors (Lipinski definition) is 5. The molecule has 5 heteroatoms. The second kappa shape index (κ2) is 2.59. The highest BCUT2D eigenvalue weighted by molar-refractivity contribution is 5.61. The van der Waals surface area contributed by atoms with E-state index in [-0.39, 0.29) is 18.8 Å². The van der Waals surface area contributed by atoms with Crippen LogP contribution in [0.4, 0.5) is 4.79 Å². The predicted molar refractivity (Wildman–Crippen MR) is 41.2 cm³/mol. The topological polar surface area (TPSA) is 65.0 Å². The van der Waals surface area contributed by atoms with Crippen LogP contribution < -0.4 is 0 Å². The Kier molecular flexibility index (Phi) is 1.75. The fourth-order valence-electron chi connectivity index (χ4n) is 1.69.